The number of carboxylic acids is 2. The molecule has 0 saturated heterocycles. The molecule has 128 valence electrons. The molecule has 6 nitrogen and oxygen atoms in total. The lowest BCUT2D eigenvalue weighted by molar-refractivity contribution is -0.134. The first kappa shape index (κ1) is 17.9. The van der Waals surface area contributed by atoms with Gasteiger partial charge in [-0.25, -0.2) is 9.59 Å². The van der Waals surface area contributed by atoms with Gasteiger partial charge in [0, 0.05) is 24.3 Å². The van der Waals surface area contributed by atoms with Crippen molar-refractivity contribution in [2.75, 3.05) is 0 Å². The molecule has 2 aromatic rings. The fourth-order valence-electron chi connectivity index (χ4n) is 2.22. The van der Waals surface area contributed by atoms with E-state index in [0.29, 0.717) is 12.2 Å². The molecule has 1 aliphatic rings. The first-order valence-electron chi connectivity index (χ1n) is 7.60. The maximum atomic E-state index is 9.55. The molecular weight excluding hydrogens is 320 g/mol. The van der Waals surface area contributed by atoms with Gasteiger partial charge in [0.25, 0.3) is 0 Å². The summed E-state index contributed by atoms with van der Waals surface area (Å²) >= 11 is 0. The third kappa shape index (κ3) is 5.95. The molecular formula is C19H18N2O4. The Labute approximate surface area is 145 Å². The molecule has 0 bridgehead atoms. The molecule has 0 aromatic heterocycles. The third-order valence-corrected chi connectivity index (χ3v) is 3.39. The first-order chi connectivity index (χ1) is 12.1. The second kappa shape index (κ2) is 9.02. The van der Waals surface area contributed by atoms with Crippen molar-refractivity contribution < 1.29 is 19.8 Å². The molecule has 3 N–H and O–H groups in total. The van der Waals surface area contributed by atoms with Crippen LogP contribution in [0.5, 0.6) is 0 Å². The summed E-state index contributed by atoms with van der Waals surface area (Å²) < 4.78 is 0. The van der Waals surface area contributed by atoms with E-state index in [1.807, 2.05) is 18.2 Å². The highest BCUT2D eigenvalue weighted by Crippen LogP contribution is 2.14. The van der Waals surface area contributed by atoms with Crippen LogP contribution in [0.15, 0.2) is 71.7 Å². The predicted molar refractivity (Wildman–Crippen MR) is 94.4 cm³/mol. The number of carbonyl (C=O) groups is 2. The van der Waals surface area contributed by atoms with Gasteiger partial charge in [0.05, 0.1) is 6.54 Å². The summed E-state index contributed by atoms with van der Waals surface area (Å²) in [7, 11) is 0. The maximum Gasteiger partial charge on any atom is 0.328 e. The van der Waals surface area contributed by atoms with Gasteiger partial charge in [-0.15, -0.1) is 0 Å². The molecule has 1 heterocycles. The van der Waals surface area contributed by atoms with E-state index < -0.39 is 11.9 Å². The van der Waals surface area contributed by atoms with Crippen LogP contribution in [0.4, 0.5) is 0 Å². The van der Waals surface area contributed by atoms with Crippen LogP contribution in [0.25, 0.3) is 0 Å². The molecule has 6 heteroatoms. The number of nitrogens with one attached hydrogen (secondary N) is 1. The summed E-state index contributed by atoms with van der Waals surface area (Å²) in [6.07, 6.45) is 1.12. The van der Waals surface area contributed by atoms with Crippen LogP contribution < -0.4 is 5.32 Å². The van der Waals surface area contributed by atoms with Crippen LogP contribution in [0.2, 0.25) is 0 Å². The summed E-state index contributed by atoms with van der Waals surface area (Å²) in [4.78, 5) is 23.7. The fourth-order valence-corrected chi connectivity index (χ4v) is 2.22. The number of hydrogen-bond donors (Lipinski definition) is 3. The Morgan fingerprint density at radius 1 is 0.880 bits per heavy atom. The minimum atomic E-state index is -1.26. The highest BCUT2D eigenvalue weighted by Gasteiger charge is 2.09. The smallest absolute Gasteiger partial charge is 0.328 e. The first-order valence-corrected chi connectivity index (χ1v) is 7.60. The molecule has 3 rings (SSSR count). The van der Waals surface area contributed by atoms with Gasteiger partial charge in [0.15, 0.2) is 0 Å². The number of benzene rings is 2. The molecule has 0 unspecified atom stereocenters. The molecule has 0 spiro atoms. The highest BCUT2D eigenvalue weighted by molar-refractivity contribution is 5.98. The number of rotatable bonds is 3. The Hall–Kier alpha value is -3.41. The molecule has 1 aliphatic heterocycles. The summed E-state index contributed by atoms with van der Waals surface area (Å²) in [6.45, 7) is 1.61. The average Bonchev–Trinajstić information content (AvgIpc) is 2.84. The zero-order valence-corrected chi connectivity index (χ0v) is 13.4. The molecule has 0 radical (unpaired) electrons. The van der Waals surface area contributed by atoms with Crippen LogP contribution in [0.3, 0.4) is 0 Å². The number of amidine groups is 1. The maximum absolute atomic E-state index is 9.55. The minimum Gasteiger partial charge on any atom is -0.478 e. The number of nitrogens with zero attached hydrogens (tertiary/aromatic N) is 1. The average molecular weight is 338 g/mol. The molecule has 2 aromatic carbocycles. The lowest BCUT2D eigenvalue weighted by atomic mass is 10.1. The molecule has 0 amide bonds. The molecule has 0 fully saturated rings. The largest absolute Gasteiger partial charge is 0.478 e. The van der Waals surface area contributed by atoms with Crippen molar-refractivity contribution in [2.24, 2.45) is 4.99 Å². The topological polar surface area (TPSA) is 99.0 Å². The van der Waals surface area contributed by atoms with Crippen LogP contribution in [0, 0.1) is 0 Å². The van der Waals surface area contributed by atoms with Gasteiger partial charge in [0.2, 0.25) is 0 Å². The number of fused-ring (bicyclic) bond motifs is 1. The van der Waals surface area contributed by atoms with Crippen molar-refractivity contribution in [3.63, 3.8) is 0 Å². The van der Waals surface area contributed by atoms with Crippen LogP contribution in [-0.4, -0.2) is 28.0 Å². The summed E-state index contributed by atoms with van der Waals surface area (Å²) in [5, 5.41) is 19.0. The van der Waals surface area contributed by atoms with Crippen molar-refractivity contribution >= 4 is 17.8 Å². The normalized spacial score (nSPS) is 12.7. The van der Waals surface area contributed by atoms with E-state index in [9.17, 15) is 9.59 Å². The van der Waals surface area contributed by atoms with Crippen molar-refractivity contribution in [1.29, 1.82) is 0 Å². The van der Waals surface area contributed by atoms with Gasteiger partial charge >= 0.3 is 11.9 Å². The van der Waals surface area contributed by atoms with E-state index in [1.54, 1.807) is 0 Å². The highest BCUT2D eigenvalue weighted by atomic mass is 16.4. The standard InChI is InChI=1S/C15H14N2.C4H4O4/c1-2-6-12(7-3-1)15-16-10-13-8-4-5-9-14(13)11-17-15;5-3(6)1-2-4(7)8/h1-9H,10-11H2,(H,16,17);1-2H,(H,5,6)(H,7,8). The Kier molecular flexibility index (Phi) is 6.47. The van der Waals surface area contributed by atoms with Crippen LogP contribution >= 0.6 is 0 Å². The second-order valence-corrected chi connectivity index (χ2v) is 5.16. The lowest BCUT2D eigenvalue weighted by Crippen LogP contribution is -2.22. The van der Waals surface area contributed by atoms with Crippen molar-refractivity contribution in [2.45, 2.75) is 13.1 Å². The second-order valence-electron chi connectivity index (χ2n) is 5.16. The van der Waals surface area contributed by atoms with Gasteiger partial charge in [0.1, 0.15) is 5.84 Å². The van der Waals surface area contributed by atoms with Gasteiger partial charge in [-0.05, 0) is 11.1 Å². The van der Waals surface area contributed by atoms with Gasteiger partial charge in [-0.3, -0.25) is 4.99 Å². The van der Waals surface area contributed by atoms with E-state index in [2.05, 4.69) is 46.7 Å². The Balaban J connectivity index is 0.000000242. The van der Waals surface area contributed by atoms with Gasteiger partial charge < -0.3 is 15.5 Å². The van der Waals surface area contributed by atoms with Crippen LogP contribution in [0.1, 0.15) is 16.7 Å². The summed E-state index contributed by atoms with van der Waals surface area (Å²) in [6, 6.07) is 18.7. The van der Waals surface area contributed by atoms with Crippen molar-refractivity contribution in [3.8, 4) is 0 Å². The quantitative estimate of drug-likeness (QED) is 0.747. The van der Waals surface area contributed by atoms with Gasteiger partial charge in [-0.2, -0.15) is 0 Å². The van der Waals surface area contributed by atoms with E-state index in [0.717, 1.165) is 24.5 Å². The monoisotopic (exact) mass is 338 g/mol. The fraction of sp³-hybridized carbons (Fsp3) is 0.105. The van der Waals surface area contributed by atoms with Crippen molar-refractivity contribution in [1.82, 2.24) is 5.32 Å². The number of carboxylic acid groups (broad SMARTS) is 2. The lowest BCUT2D eigenvalue weighted by Gasteiger charge is -2.07. The number of hydrogen-bond acceptors (Lipinski definition) is 4. The van der Waals surface area contributed by atoms with E-state index in [1.165, 1.54) is 11.1 Å². The Morgan fingerprint density at radius 3 is 2.04 bits per heavy atom. The molecule has 0 atom stereocenters. The number of aliphatic carboxylic acids is 2. The van der Waals surface area contributed by atoms with E-state index in [4.69, 9.17) is 10.2 Å². The van der Waals surface area contributed by atoms with Crippen molar-refractivity contribution in [3.05, 3.63) is 83.4 Å². The minimum absolute atomic E-state index is 0.558. The predicted octanol–water partition coefficient (Wildman–Crippen LogP) is 2.45. The zero-order valence-electron chi connectivity index (χ0n) is 13.4. The Morgan fingerprint density at radius 2 is 1.44 bits per heavy atom. The number of aliphatic imine (C=N–C) groups is 1. The van der Waals surface area contributed by atoms with Crippen LogP contribution in [-0.2, 0) is 22.7 Å². The third-order valence-electron chi connectivity index (χ3n) is 3.39. The molecule has 0 aliphatic carbocycles. The van der Waals surface area contributed by atoms with E-state index in [-0.39, 0.29) is 0 Å². The summed E-state index contributed by atoms with van der Waals surface area (Å²) in [5.74, 6) is -1.53. The molecule has 25 heavy (non-hydrogen) atoms. The van der Waals surface area contributed by atoms with E-state index >= 15 is 0 Å². The zero-order chi connectivity index (χ0) is 18.1. The summed E-state index contributed by atoms with van der Waals surface area (Å²) in [5.41, 5.74) is 3.80. The Bertz CT molecular complexity index is 782. The SMILES string of the molecule is O=C(O)C=CC(=O)O.c1ccc(C2=NCc3ccccc3CN2)cc1. The van der Waals surface area contributed by atoms with Gasteiger partial charge in [-0.1, -0.05) is 54.6 Å². The molecule has 0 saturated carbocycles.